The van der Waals surface area contributed by atoms with E-state index in [0.29, 0.717) is 26.1 Å². The third-order valence-electron chi connectivity index (χ3n) is 3.77. The average Bonchev–Trinajstić information content (AvgIpc) is 2.81. The molecule has 0 bridgehead atoms. The zero-order valence-corrected chi connectivity index (χ0v) is 16.8. The van der Waals surface area contributed by atoms with Crippen LogP contribution in [-0.2, 0) is 26.7 Å². The maximum atomic E-state index is 11.9. The molecule has 0 saturated heterocycles. The topological polar surface area (TPSA) is 136 Å². The predicted octanol–water partition coefficient (Wildman–Crippen LogP) is 2.02. The summed E-state index contributed by atoms with van der Waals surface area (Å²) in [6.07, 6.45) is 2.17. The molecule has 1 aliphatic heterocycles. The van der Waals surface area contributed by atoms with E-state index < -0.39 is 26.1 Å². The molecule has 0 fully saturated rings. The monoisotopic (exact) mass is 445 g/mol. The highest BCUT2D eigenvalue weighted by atomic mass is 35.5. The van der Waals surface area contributed by atoms with Crippen LogP contribution in [0.2, 0.25) is 5.02 Å². The van der Waals surface area contributed by atoms with Gasteiger partial charge in [-0.15, -0.1) is 0 Å². The van der Waals surface area contributed by atoms with E-state index in [-0.39, 0.29) is 17.9 Å². The van der Waals surface area contributed by atoms with Crippen LogP contribution in [0, 0.1) is 0 Å². The van der Waals surface area contributed by atoms with Crippen LogP contribution in [0.4, 0.5) is 11.4 Å². The zero-order valence-electron chi connectivity index (χ0n) is 14.4. The zero-order chi connectivity index (χ0) is 20.7. The van der Waals surface area contributed by atoms with Gasteiger partial charge in [-0.25, -0.2) is 17.4 Å². The van der Waals surface area contributed by atoms with Gasteiger partial charge in [-0.05, 0) is 47.9 Å². The molecule has 9 nitrogen and oxygen atoms in total. The first-order valence-electron chi connectivity index (χ1n) is 7.76. The summed E-state index contributed by atoms with van der Waals surface area (Å²) in [6.45, 7) is 0. The molecule has 4 N–H and O–H groups in total. The standard InChI is InChI=1S/C16H16ClN3O6S2/c1-27(23,24)18-13-4-3-12(17)8-11(13)6-10-2-5-14(15(21)7-10)20-9-16(22)19-28(20,25)26/h2-5,7-9,18-19,21-22H,6H2,1H3. The minimum absolute atomic E-state index is 0.0547. The van der Waals surface area contributed by atoms with Crippen LogP contribution >= 0.6 is 11.6 Å². The van der Waals surface area contributed by atoms with Gasteiger partial charge in [0, 0.05) is 5.02 Å². The Morgan fingerprint density at radius 3 is 2.46 bits per heavy atom. The van der Waals surface area contributed by atoms with E-state index in [9.17, 15) is 27.0 Å². The van der Waals surface area contributed by atoms with Crippen molar-refractivity contribution in [1.82, 2.24) is 4.72 Å². The maximum absolute atomic E-state index is 11.9. The molecule has 0 atom stereocenters. The fourth-order valence-corrected chi connectivity index (χ4v) is 4.54. The Kier molecular flexibility index (Phi) is 5.08. The summed E-state index contributed by atoms with van der Waals surface area (Å²) in [6, 6.07) is 8.95. The molecular formula is C16H16ClN3O6S2. The molecule has 2 aromatic carbocycles. The molecule has 0 aliphatic carbocycles. The number of aromatic hydroxyl groups is 1. The van der Waals surface area contributed by atoms with Crippen LogP contribution in [0.25, 0.3) is 0 Å². The molecule has 28 heavy (non-hydrogen) atoms. The van der Waals surface area contributed by atoms with Crippen LogP contribution in [0.3, 0.4) is 0 Å². The number of aliphatic hydroxyl groups is 1. The van der Waals surface area contributed by atoms with Crippen LogP contribution in [0.5, 0.6) is 5.75 Å². The van der Waals surface area contributed by atoms with Crippen LogP contribution in [0.1, 0.15) is 11.1 Å². The summed E-state index contributed by atoms with van der Waals surface area (Å²) in [5, 5.41) is 20.0. The molecule has 2 aromatic rings. The van der Waals surface area contributed by atoms with Crippen molar-refractivity contribution < 1.29 is 27.0 Å². The number of nitrogens with zero attached hydrogens (tertiary/aromatic N) is 1. The van der Waals surface area contributed by atoms with E-state index in [1.54, 1.807) is 18.2 Å². The van der Waals surface area contributed by atoms with Crippen molar-refractivity contribution in [2.75, 3.05) is 15.3 Å². The number of nitrogens with one attached hydrogen (secondary N) is 2. The number of rotatable bonds is 5. The van der Waals surface area contributed by atoms with E-state index in [2.05, 4.69) is 4.72 Å². The van der Waals surface area contributed by atoms with Gasteiger partial charge in [0.15, 0.2) is 0 Å². The van der Waals surface area contributed by atoms with Crippen molar-refractivity contribution in [3.05, 3.63) is 64.6 Å². The summed E-state index contributed by atoms with van der Waals surface area (Å²) >= 11 is 6.00. The molecule has 1 aliphatic rings. The Hall–Kier alpha value is -2.63. The quantitative estimate of drug-likeness (QED) is 0.555. The number of anilines is 2. The Labute approximate surface area is 167 Å². The van der Waals surface area contributed by atoms with Gasteiger partial charge in [0.05, 0.1) is 18.1 Å². The lowest BCUT2D eigenvalue weighted by molar-refractivity contribution is 0.392. The minimum Gasteiger partial charge on any atom is -0.506 e. The number of hydrogen-bond acceptors (Lipinski definition) is 6. The molecule has 0 amide bonds. The minimum atomic E-state index is -4.03. The van der Waals surface area contributed by atoms with E-state index >= 15 is 0 Å². The van der Waals surface area contributed by atoms with Crippen molar-refractivity contribution >= 4 is 43.2 Å². The van der Waals surface area contributed by atoms with Crippen LogP contribution < -0.4 is 13.7 Å². The molecule has 0 aromatic heterocycles. The lowest BCUT2D eigenvalue weighted by Gasteiger charge is -2.16. The SMILES string of the molecule is CS(=O)(=O)Nc1ccc(Cl)cc1Cc1ccc(N2C=C(O)NS2(=O)=O)c(O)c1. The number of halogens is 1. The fourth-order valence-electron chi connectivity index (χ4n) is 2.68. The van der Waals surface area contributed by atoms with E-state index in [4.69, 9.17) is 11.6 Å². The van der Waals surface area contributed by atoms with Gasteiger partial charge in [0.1, 0.15) is 11.4 Å². The number of phenols is 1. The Morgan fingerprint density at radius 1 is 1.18 bits per heavy atom. The molecule has 0 unspecified atom stereocenters. The van der Waals surface area contributed by atoms with Crippen LogP contribution in [-0.4, -0.2) is 33.3 Å². The third kappa shape index (κ3) is 4.43. The van der Waals surface area contributed by atoms with Gasteiger partial charge in [0.25, 0.3) is 0 Å². The van der Waals surface area contributed by atoms with Crippen molar-refractivity contribution in [1.29, 1.82) is 0 Å². The Balaban J connectivity index is 1.93. The molecule has 150 valence electrons. The highest BCUT2D eigenvalue weighted by molar-refractivity contribution is 7.92. The molecule has 0 radical (unpaired) electrons. The van der Waals surface area contributed by atoms with E-state index in [1.807, 2.05) is 4.72 Å². The van der Waals surface area contributed by atoms with Gasteiger partial charge in [-0.1, -0.05) is 17.7 Å². The van der Waals surface area contributed by atoms with Gasteiger partial charge < -0.3 is 10.2 Å². The van der Waals surface area contributed by atoms with Gasteiger partial charge >= 0.3 is 10.2 Å². The van der Waals surface area contributed by atoms with Crippen molar-refractivity contribution in [2.24, 2.45) is 0 Å². The van der Waals surface area contributed by atoms with E-state index in [0.717, 1.165) is 12.5 Å². The van der Waals surface area contributed by atoms with E-state index in [1.165, 1.54) is 18.2 Å². The second kappa shape index (κ2) is 7.08. The van der Waals surface area contributed by atoms with Crippen molar-refractivity contribution in [3.63, 3.8) is 0 Å². The number of aliphatic hydroxyl groups excluding tert-OH is 1. The summed E-state index contributed by atoms with van der Waals surface area (Å²) in [5.74, 6) is -0.910. The fraction of sp³-hybridized carbons (Fsp3) is 0.125. The maximum Gasteiger partial charge on any atom is 0.330 e. The van der Waals surface area contributed by atoms with Crippen molar-refractivity contribution in [2.45, 2.75) is 6.42 Å². The summed E-state index contributed by atoms with van der Waals surface area (Å²) in [7, 11) is -7.53. The number of sulfonamides is 1. The molecular weight excluding hydrogens is 430 g/mol. The Bertz CT molecular complexity index is 1180. The Morgan fingerprint density at radius 2 is 1.89 bits per heavy atom. The third-order valence-corrected chi connectivity index (χ3v) is 5.88. The van der Waals surface area contributed by atoms with Gasteiger partial charge in [-0.3, -0.25) is 4.72 Å². The normalized spacial score (nSPS) is 15.8. The summed E-state index contributed by atoms with van der Waals surface area (Å²) in [4.78, 5) is 0. The lowest BCUT2D eigenvalue weighted by Crippen LogP contribution is -2.29. The average molecular weight is 446 g/mol. The molecule has 0 saturated carbocycles. The van der Waals surface area contributed by atoms with Gasteiger partial charge in [-0.2, -0.15) is 8.42 Å². The molecule has 1 heterocycles. The molecule has 12 heteroatoms. The summed E-state index contributed by atoms with van der Waals surface area (Å²) in [5.41, 5.74) is 1.44. The predicted molar refractivity (Wildman–Crippen MR) is 106 cm³/mol. The first kappa shape index (κ1) is 20.1. The van der Waals surface area contributed by atoms with Crippen LogP contribution in [0.15, 0.2) is 48.5 Å². The smallest absolute Gasteiger partial charge is 0.330 e. The second-order valence-corrected chi connectivity index (χ2v) is 9.83. The highest BCUT2D eigenvalue weighted by Crippen LogP contribution is 2.34. The second-order valence-electron chi connectivity index (χ2n) is 6.09. The largest absolute Gasteiger partial charge is 0.506 e. The summed E-state index contributed by atoms with van der Waals surface area (Å²) < 4.78 is 51.9. The van der Waals surface area contributed by atoms with Gasteiger partial charge in [0.2, 0.25) is 15.9 Å². The molecule has 0 spiro atoms. The number of benzene rings is 2. The highest BCUT2D eigenvalue weighted by Gasteiger charge is 2.30. The molecule has 3 rings (SSSR count). The first-order chi connectivity index (χ1) is 12.9. The first-order valence-corrected chi connectivity index (χ1v) is 11.5. The lowest BCUT2D eigenvalue weighted by atomic mass is 10.0. The number of phenolic OH excluding ortho intramolecular Hbond substituents is 1. The number of hydrogen-bond donors (Lipinski definition) is 4. The van der Waals surface area contributed by atoms with Crippen molar-refractivity contribution in [3.8, 4) is 5.75 Å².